The number of rotatable bonds is 12. The lowest BCUT2D eigenvalue weighted by Crippen LogP contribution is -2.00. The molecule has 0 N–H and O–H groups in total. The van der Waals surface area contributed by atoms with Crippen LogP contribution in [0.25, 0.3) is 44.5 Å². The zero-order chi connectivity index (χ0) is 39.6. The molecule has 6 aromatic rings. The maximum atomic E-state index is 6.83. The van der Waals surface area contributed by atoms with Gasteiger partial charge in [0.05, 0.1) is 0 Å². The monoisotopic (exact) mass is 746 g/mol. The molecule has 0 saturated heterocycles. The molecule has 284 valence electrons. The summed E-state index contributed by atoms with van der Waals surface area (Å²) in [7, 11) is -0.253. The van der Waals surface area contributed by atoms with Gasteiger partial charge in [-0.05, 0) is 193 Å². The third-order valence-electron chi connectivity index (χ3n) is 12.6. The van der Waals surface area contributed by atoms with Gasteiger partial charge >= 0.3 is 0 Å². The fraction of sp³-hybridized carbons (Fsp3) is 0.308. The fourth-order valence-electron chi connectivity index (χ4n) is 8.51. The highest BCUT2D eigenvalue weighted by atomic mass is 31.1. The topological polar surface area (TPSA) is 18.5 Å². The van der Waals surface area contributed by atoms with Crippen molar-refractivity contribution in [2.45, 2.75) is 109 Å². The molecule has 0 saturated carbocycles. The Morgan fingerprint density at radius 3 is 0.927 bits per heavy atom. The normalized spacial score (nSPS) is 11.3. The van der Waals surface area contributed by atoms with Crippen LogP contribution >= 0.6 is 9.03 Å². The molecular formula is C52H59O2P. The third-order valence-corrected chi connectivity index (χ3v) is 13.2. The summed E-state index contributed by atoms with van der Waals surface area (Å²) in [5.41, 5.74) is 25.6. The van der Waals surface area contributed by atoms with Gasteiger partial charge in [0.15, 0.2) is 0 Å². The van der Waals surface area contributed by atoms with E-state index < -0.39 is 0 Å². The summed E-state index contributed by atoms with van der Waals surface area (Å²) in [5.74, 6) is 1.66. The van der Waals surface area contributed by atoms with Crippen LogP contribution in [0.2, 0.25) is 0 Å². The zero-order valence-electron chi connectivity index (χ0n) is 35.2. The van der Waals surface area contributed by atoms with Gasteiger partial charge in [-0.1, -0.05) is 100 Å². The highest BCUT2D eigenvalue weighted by Gasteiger charge is 2.22. The number of hydrogen-bond donors (Lipinski definition) is 0. The van der Waals surface area contributed by atoms with Crippen molar-refractivity contribution in [2.24, 2.45) is 0 Å². The van der Waals surface area contributed by atoms with E-state index in [9.17, 15) is 0 Å². The van der Waals surface area contributed by atoms with E-state index in [0.717, 1.165) is 48.3 Å². The van der Waals surface area contributed by atoms with E-state index in [2.05, 4.69) is 168 Å². The van der Waals surface area contributed by atoms with Crippen molar-refractivity contribution in [2.75, 3.05) is 0 Å². The van der Waals surface area contributed by atoms with E-state index >= 15 is 0 Å². The molecule has 3 heteroatoms. The Labute approximate surface area is 333 Å². The first-order valence-corrected chi connectivity index (χ1v) is 21.0. The van der Waals surface area contributed by atoms with E-state index in [1.165, 1.54) is 100 Å². The number of aryl methyl sites for hydroxylation is 4. The van der Waals surface area contributed by atoms with Gasteiger partial charge in [0, 0.05) is 11.1 Å². The van der Waals surface area contributed by atoms with Crippen LogP contribution in [0.3, 0.4) is 0 Å². The van der Waals surface area contributed by atoms with Crippen LogP contribution in [0.4, 0.5) is 0 Å². The molecule has 0 amide bonds. The van der Waals surface area contributed by atoms with Gasteiger partial charge < -0.3 is 9.05 Å². The first kappa shape index (κ1) is 40.0. The minimum absolute atomic E-state index is 0.253. The van der Waals surface area contributed by atoms with Crippen molar-refractivity contribution in [3.63, 3.8) is 0 Å². The highest BCUT2D eigenvalue weighted by Crippen LogP contribution is 2.48. The molecule has 0 aliphatic carbocycles. The molecule has 0 unspecified atom stereocenters. The van der Waals surface area contributed by atoms with Crippen LogP contribution < -0.4 is 9.05 Å². The highest BCUT2D eigenvalue weighted by molar-refractivity contribution is 7.27. The van der Waals surface area contributed by atoms with E-state index in [4.69, 9.17) is 9.05 Å². The molecule has 0 aromatic heterocycles. The minimum Gasteiger partial charge on any atom is -0.440 e. The summed E-state index contributed by atoms with van der Waals surface area (Å²) in [4.78, 5) is 0. The van der Waals surface area contributed by atoms with Crippen LogP contribution in [0.15, 0.2) is 84.9 Å². The molecule has 0 radical (unpaired) electrons. The molecule has 2 nitrogen and oxygen atoms in total. The summed E-state index contributed by atoms with van der Waals surface area (Å²) in [6.45, 7) is 27.0. The Kier molecular flexibility index (Phi) is 12.4. The smallest absolute Gasteiger partial charge is 0.275 e. The molecule has 0 aliphatic rings. The number of benzene rings is 6. The van der Waals surface area contributed by atoms with Crippen LogP contribution in [0.5, 0.6) is 11.5 Å². The maximum Gasteiger partial charge on any atom is 0.275 e. The second kappa shape index (κ2) is 17.0. The molecule has 55 heavy (non-hydrogen) atoms. The van der Waals surface area contributed by atoms with Crippen molar-refractivity contribution in [3.8, 4) is 56.0 Å². The Bertz CT molecular complexity index is 2210. The summed E-state index contributed by atoms with van der Waals surface area (Å²) in [6, 6.07) is 31.3. The number of hydrogen-bond acceptors (Lipinski definition) is 2. The summed E-state index contributed by atoms with van der Waals surface area (Å²) < 4.78 is 13.7. The molecule has 0 bridgehead atoms. The van der Waals surface area contributed by atoms with E-state index in [-0.39, 0.29) is 9.03 Å². The average Bonchev–Trinajstić information content (AvgIpc) is 3.19. The van der Waals surface area contributed by atoms with Crippen molar-refractivity contribution in [1.29, 1.82) is 0 Å². The predicted octanol–water partition coefficient (Wildman–Crippen LogP) is 15.0. The predicted molar refractivity (Wildman–Crippen MR) is 240 cm³/mol. The second-order valence-corrected chi connectivity index (χ2v) is 15.7. The molecule has 0 aliphatic heterocycles. The largest absolute Gasteiger partial charge is 0.440 e. The quantitative estimate of drug-likeness (QED) is 0.116. The van der Waals surface area contributed by atoms with Crippen molar-refractivity contribution >= 4 is 9.03 Å². The van der Waals surface area contributed by atoms with Crippen molar-refractivity contribution < 1.29 is 9.05 Å². The SMILES string of the molecule is CCc1ccc(-c2cccc(OPOc3cccc(-c4ccc(CC)c(C)c4C)c3-c3ccc(CC)c(C)c3C)c2-c2ccc(CC)c(C)c2C)c(C)c1C. The average molecular weight is 747 g/mol. The first-order valence-electron chi connectivity index (χ1n) is 20.2. The molecule has 0 fully saturated rings. The van der Waals surface area contributed by atoms with E-state index in [1.54, 1.807) is 0 Å². The lowest BCUT2D eigenvalue weighted by atomic mass is 9.85. The lowest BCUT2D eigenvalue weighted by Gasteiger charge is -2.23. The molecule has 0 heterocycles. The molecule has 6 rings (SSSR count). The van der Waals surface area contributed by atoms with Gasteiger partial charge in [0.1, 0.15) is 11.5 Å². The van der Waals surface area contributed by atoms with Gasteiger partial charge in [-0.2, -0.15) is 0 Å². The minimum atomic E-state index is -0.253. The van der Waals surface area contributed by atoms with Crippen LogP contribution in [0, 0.1) is 55.4 Å². The lowest BCUT2D eigenvalue weighted by molar-refractivity contribution is 0.518. The maximum absolute atomic E-state index is 6.83. The molecule has 0 atom stereocenters. The molecule has 0 spiro atoms. The van der Waals surface area contributed by atoms with E-state index in [0.29, 0.717) is 0 Å². The zero-order valence-corrected chi connectivity index (χ0v) is 36.2. The van der Waals surface area contributed by atoms with Crippen molar-refractivity contribution in [3.05, 3.63) is 152 Å². The van der Waals surface area contributed by atoms with Gasteiger partial charge in [-0.25, -0.2) is 0 Å². The fourth-order valence-corrected chi connectivity index (χ4v) is 9.07. The van der Waals surface area contributed by atoms with E-state index in [1.807, 2.05) is 0 Å². The summed E-state index contributed by atoms with van der Waals surface area (Å²) in [5, 5.41) is 0. The second-order valence-electron chi connectivity index (χ2n) is 15.1. The van der Waals surface area contributed by atoms with Crippen LogP contribution in [0.1, 0.15) is 94.5 Å². The Morgan fingerprint density at radius 1 is 0.327 bits per heavy atom. The molecule has 6 aromatic carbocycles. The van der Waals surface area contributed by atoms with Gasteiger partial charge in [0.2, 0.25) is 0 Å². The first-order chi connectivity index (χ1) is 26.5. The standard InChI is InChI=1S/C52H59O2P/c1-13-39-23-27-43(35(9)31(39)5)47-19-17-21-49(51(47)45-29-25-41(15-3)33(7)37(45)11)53-55-54-50-22-18-20-48(44-28-24-40(14-2)32(6)36(44)10)52(50)46-30-26-42(16-4)34(8)38(46)12/h17-30,55H,13-16H2,1-12H3. The summed E-state index contributed by atoms with van der Waals surface area (Å²) >= 11 is 0. The molecular weight excluding hydrogens is 688 g/mol. The van der Waals surface area contributed by atoms with Crippen LogP contribution in [-0.2, 0) is 25.7 Å². The summed E-state index contributed by atoms with van der Waals surface area (Å²) in [6.07, 6.45) is 4.06. The third kappa shape index (κ3) is 7.51. The van der Waals surface area contributed by atoms with Gasteiger partial charge in [0.25, 0.3) is 9.03 Å². The Balaban J connectivity index is 1.48. The Morgan fingerprint density at radius 2 is 0.618 bits per heavy atom. The van der Waals surface area contributed by atoms with Gasteiger partial charge in [-0.3, -0.25) is 0 Å². The van der Waals surface area contributed by atoms with Crippen LogP contribution in [-0.4, -0.2) is 0 Å². The van der Waals surface area contributed by atoms with Crippen molar-refractivity contribution in [1.82, 2.24) is 0 Å². The Hall–Kier alpha value is -4.65. The van der Waals surface area contributed by atoms with Gasteiger partial charge in [-0.15, -0.1) is 0 Å².